The van der Waals surface area contributed by atoms with Crippen LogP contribution in [0.2, 0.25) is 0 Å². The van der Waals surface area contributed by atoms with Crippen molar-refractivity contribution >= 4 is 0 Å². The topological polar surface area (TPSA) is 30.5 Å². The highest BCUT2D eigenvalue weighted by Gasteiger charge is 2.41. The molecule has 1 saturated carbocycles. The van der Waals surface area contributed by atoms with Gasteiger partial charge in [-0.1, -0.05) is 19.3 Å². The highest BCUT2D eigenvalue weighted by atomic mass is 16.5. The molecule has 0 aromatic heterocycles. The van der Waals surface area contributed by atoms with Crippen LogP contribution in [-0.2, 0) is 9.47 Å². The molecule has 1 aliphatic heterocycles. The van der Waals surface area contributed by atoms with E-state index in [2.05, 4.69) is 5.32 Å². The van der Waals surface area contributed by atoms with E-state index >= 15 is 0 Å². The summed E-state index contributed by atoms with van der Waals surface area (Å²) in [4.78, 5) is 0. The Morgan fingerprint density at radius 2 is 2.06 bits per heavy atom. The maximum atomic E-state index is 5.93. The number of hydrogen-bond donors (Lipinski definition) is 1. The second-order valence-electron chi connectivity index (χ2n) is 5.22. The molecule has 2 aliphatic rings. The van der Waals surface area contributed by atoms with E-state index in [0.29, 0.717) is 6.04 Å². The van der Waals surface area contributed by atoms with Gasteiger partial charge in [-0.15, -0.1) is 0 Å². The molecule has 0 radical (unpaired) electrons. The predicted octanol–water partition coefficient (Wildman–Crippen LogP) is 2.62. The Labute approximate surface area is 105 Å². The van der Waals surface area contributed by atoms with Crippen LogP contribution in [-0.4, -0.2) is 32.4 Å². The summed E-state index contributed by atoms with van der Waals surface area (Å²) in [6.45, 7) is 0.861. The monoisotopic (exact) mass is 239 g/mol. The zero-order valence-electron chi connectivity index (χ0n) is 11.1. The molecule has 1 heterocycles. The Bertz CT molecular complexity index is 269. The summed E-state index contributed by atoms with van der Waals surface area (Å²) in [7, 11) is 3.90. The molecule has 17 heavy (non-hydrogen) atoms. The zero-order chi connectivity index (χ0) is 12.1. The van der Waals surface area contributed by atoms with Gasteiger partial charge in [0.1, 0.15) is 0 Å². The smallest absolute Gasteiger partial charge is 0.0876 e. The minimum atomic E-state index is -0.0144. The molecule has 2 rings (SSSR count). The standard InChI is InChI=1S/C14H25NO2/c1-15-13(12-7-6-10-17-11-12)14(16-2)8-4-3-5-9-14/h11,13,15H,3-10H2,1-2H3. The van der Waals surface area contributed by atoms with E-state index in [9.17, 15) is 0 Å². The van der Waals surface area contributed by atoms with E-state index in [1.807, 2.05) is 20.4 Å². The summed E-state index contributed by atoms with van der Waals surface area (Å²) in [5, 5.41) is 3.46. The molecule has 0 saturated heterocycles. The lowest BCUT2D eigenvalue weighted by Gasteiger charge is -2.43. The van der Waals surface area contributed by atoms with Gasteiger partial charge >= 0.3 is 0 Å². The Morgan fingerprint density at radius 1 is 1.29 bits per heavy atom. The third-order valence-corrected chi connectivity index (χ3v) is 4.25. The van der Waals surface area contributed by atoms with Gasteiger partial charge in [0.25, 0.3) is 0 Å². The van der Waals surface area contributed by atoms with Crippen molar-refractivity contribution in [2.45, 2.75) is 56.6 Å². The minimum absolute atomic E-state index is 0.0144. The van der Waals surface area contributed by atoms with E-state index in [1.54, 1.807) is 0 Å². The van der Waals surface area contributed by atoms with Gasteiger partial charge in [-0.3, -0.25) is 0 Å². The van der Waals surface area contributed by atoms with E-state index in [0.717, 1.165) is 32.3 Å². The summed E-state index contributed by atoms with van der Waals surface area (Å²) in [6.07, 6.45) is 10.4. The summed E-state index contributed by atoms with van der Waals surface area (Å²) in [5.41, 5.74) is 1.36. The third-order valence-electron chi connectivity index (χ3n) is 4.25. The van der Waals surface area contributed by atoms with Crippen LogP contribution >= 0.6 is 0 Å². The number of nitrogens with one attached hydrogen (secondary N) is 1. The predicted molar refractivity (Wildman–Crippen MR) is 68.9 cm³/mol. The highest BCUT2D eigenvalue weighted by Crippen LogP contribution is 2.37. The Balaban J connectivity index is 2.16. The fourth-order valence-corrected chi connectivity index (χ4v) is 3.34. The van der Waals surface area contributed by atoms with Gasteiger partial charge in [-0.05, 0) is 38.3 Å². The van der Waals surface area contributed by atoms with Crippen LogP contribution in [0, 0.1) is 0 Å². The highest BCUT2D eigenvalue weighted by molar-refractivity contribution is 5.17. The summed E-state index contributed by atoms with van der Waals surface area (Å²) < 4.78 is 11.4. The molecule has 3 heteroatoms. The van der Waals surface area contributed by atoms with Crippen LogP contribution in [0.25, 0.3) is 0 Å². The van der Waals surface area contributed by atoms with Crippen LogP contribution < -0.4 is 5.32 Å². The van der Waals surface area contributed by atoms with Crippen molar-refractivity contribution in [3.63, 3.8) is 0 Å². The maximum absolute atomic E-state index is 5.93. The Hall–Kier alpha value is -0.540. The second-order valence-corrected chi connectivity index (χ2v) is 5.22. The molecular weight excluding hydrogens is 214 g/mol. The molecule has 0 bridgehead atoms. The van der Waals surface area contributed by atoms with Crippen molar-refractivity contribution in [3.8, 4) is 0 Å². The average Bonchev–Trinajstić information content (AvgIpc) is 2.42. The molecule has 1 fully saturated rings. The van der Waals surface area contributed by atoms with Gasteiger partial charge < -0.3 is 14.8 Å². The first kappa shape index (κ1) is 12.9. The van der Waals surface area contributed by atoms with Gasteiger partial charge in [0.15, 0.2) is 0 Å². The fraction of sp³-hybridized carbons (Fsp3) is 0.857. The van der Waals surface area contributed by atoms with E-state index in [1.165, 1.54) is 24.8 Å². The van der Waals surface area contributed by atoms with Crippen molar-refractivity contribution in [1.82, 2.24) is 5.32 Å². The van der Waals surface area contributed by atoms with Gasteiger partial charge in [0, 0.05) is 7.11 Å². The quantitative estimate of drug-likeness (QED) is 0.818. The number of hydrogen-bond acceptors (Lipinski definition) is 3. The number of methoxy groups -OCH3 is 1. The van der Waals surface area contributed by atoms with E-state index in [4.69, 9.17) is 9.47 Å². The van der Waals surface area contributed by atoms with Gasteiger partial charge in [-0.25, -0.2) is 0 Å². The minimum Gasteiger partial charge on any atom is -0.501 e. The molecule has 0 aromatic rings. The van der Waals surface area contributed by atoms with Crippen LogP contribution in [0.5, 0.6) is 0 Å². The van der Waals surface area contributed by atoms with Crippen molar-refractivity contribution < 1.29 is 9.47 Å². The second kappa shape index (κ2) is 5.87. The summed E-state index contributed by atoms with van der Waals surface area (Å²) in [6, 6.07) is 0.313. The Morgan fingerprint density at radius 3 is 2.59 bits per heavy atom. The van der Waals surface area contributed by atoms with Crippen LogP contribution in [0.4, 0.5) is 0 Å². The molecule has 98 valence electrons. The maximum Gasteiger partial charge on any atom is 0.0876 e. The lowest BCUT2D eigenvalue weighted by Crippen LogP contribution is -2.53. The van der Waals surface area contributed by atoms with E-state index < -0.39 is 0 Å². The lowest BCUT2D eigenvalue weighted by atomic mass is 9.75. The summed E-state index contributed by atoms with van der Waals surface area (Å²) in [5.74, 6) is 0. The fourth-order valence-electron chi connectivity index (χ4n) is 3.34. The first-order valence-corrected chi connectivity index (χ1v) is 6.85. The average molecular weight is 239 g/mol. The van der Waals surface area contributed by atoms with Crippen molar-refractivity contribution in [2.24, 2.45) is 0 Å². The summed E-state index contributed by atoms with van der Waals surface area (Å²) >= 11 is 0. The van der Waals surface area contributed by atoms with Gasteiger partial charge in [-0.2, -0.15) is 0 Å². The molecule has 0 aromatic carbocycles. The molecule has 3 nitrogen and oxygen atoms in total. The molecule has 0 spiro atoms. The largest absolute Gasteiger partial charge is 0.501 e. The lowest BCUT2D eigenvalue weighted by molar-refractivity contribution is -0.0591. The SMILES string of the molecule is CNC(C1=COCCC1)C1(OC)CCCCC1. The molecule has 0 amide bonds. The molecular formula is C14H25NO2. The van der Waals surface area contributed by atoms with Crippen molar-refractivity contribution in [2.75, 3.05) is 20.8 Å². The molecule has 1 atom stereocenters. The number of ether oxygens (including phenoxy) is 2. The zero-order valence-corrected chi connectivity index (χ0v) is 11.1. The van der Waals surface area contributed by atoms with E-state index in [-0.39, 0.29) is 5.60 Å². The first-order valence-electron chi connectivity index (χ1n) is 6.85. The van der Waals surface area contributed by atoms with Crippen LogP contribution in [0.15, 0.2) is 11.8 Å². The Kier molecular flexibility index (Phi) is 4.46. The number of likely N-dealkylation sites (N-methyl/N-ethyl adjacent to an activating group) is 1. The normalized spacial score (nSPS) is 25.9. The van der Waals surface area contributed by atoms with Gasteiger partial charge in [0.2, 0.25) is 0 Å². The van der Waals surface area contributed by atoms with Crippen LogP contribution in [0.1, 0.15) is 44.9 Å². The van der Waals surface area contributed by atoms with Crippen molar-refractivity contribution in [1.29, 1.82) is 0 Å². The molecule has 1 unspecified atom stereocenters. The van der Waals surface area contributed by atoms with Gasteiger partial charge in [0.05, 0.1) is 24.5 Å². The third kappa shape index (κ3) is 2.66. The molecule has 1 aliphatic carbocycles. The number of rotatable bonds is 4. The first-order chi connectivity index (χ1) is 8.32. The van der Waals surface area contributed by atoms with Crippen molar-refractivity contribution in [3.05, 3.63) is 11.8 Å². The van der Waals surface area contributed by atoms with Crippen LogP contribution in [0.3, 0.4) is 0 Å². The molecule has 1 N–H and O–H groups in total.